The molecule has 0 saturated carbocycles. The Morgan fingerprint density at radius 2 is 2.27 bits per heavy atom. The van der Waals surface area contributed by atoms with Crippen LogP contribution in [0.3, 0.4) is 0 Å². The molecule has 2 rings (SSSR count). The van der Waals surface area contributed by atoms with Crippen molar-refractivity contribution in [3.05, 3.63) is 29.7 Å². The molecule has 0 spiro atoms. The van der Waals surface area contributed by atoms with E-state index in [1.165, 1.54) is 18.5 Å². The summed E-state index contributed by atoms with van der Waals surface area (Å²) in [6.07, 6.45) is 5.16. The van der Waals surface area contributed by atoms with Crippen LogP contribution in [0.15, 0.2) is 28.4 Å². The lowest BCUT2D eigenvalue weighted by Gasteiger charge is -2.32. The van der Waals surface area contributed by atoms with Crippen molar-refractivity contribution in [3.8, 4) is 0 Å². The predicted molar refractivity (Wildman–Crippen MR) is 61.7 cm³/mol. The van der Waals surface area contributed by atoms with Gasteiger partial charge in [-0.2, -0.15) is 0 Å². The Bertz CT molecular complexity index is 339. The molecule has 1 aliphatic heterocycles. The van der Waals surface area contributed by atoms with E-state index < -0.39 is 0 Å². The number of furan rings is 1. The Hall–Kier alpha value is -1.02. The van der Waals surface area contributed by atoms with Gasteiger partial charge in [0.25, 0.3) is 0 Å². The number of rotatable bonds is 1. The maximum Gasteiger partial charge on any atom is 0.126 e. The van der Waals surface area contributed by atoms with Crippen LogP contribution >= 0.6 is 0 Å². The third kappa shape index (κ3) is 2.32. The topological polar surface area (TPSA) is 17.6 Å². The van der Waals surface area contributed by atoms with Crippen molar-refractivity contribution >= 4 is 6.08 Å². The molecule has 1 N–H and O–H groups in total. The zero-order valence-corrected chi connectivity index (χ0v) is 9.79. The van der Waals surface area contributed by atoms with Gasteiger partial charge in [0.2, 0.25) is 0 Å². The molecule has 0 radical (unpaired) electrons. The Morgan fingerprint density at radius 3 is 2.93 bits per heavy atom. The molecule has 1 aromatic rings. The second-order valence-electron chi connectivity index (χ2n) is 4.82. The number of hydrogen-bond donors (Lipinski definition) is 1. The van der Waals surface area contributed by atoms with Crippen LogP contribution in [0, 0.1) is 5.92 Å². The van der Waals surface area contributed by atoms with Crippen molar-refractivity contribution in [2.45, 2.75) is 26.3 Å². The highest BCUT2D eigenvalue weighted by Crippen LogP contribution is 2.20. The molecule has 1 saturated heterocycles. The zero-order chi connectivity index (χ0) is 10.8. The highest BCUT2D eigenvalue weighted by atomic mass is 16.3. The van der Waals surface area contributed by atoms with Crippen LogP contribution in [0.5, 0.6) is 0 Å². The fraction of sp³-hybridized carbons (Fsp3) is 0.538. The summed E-state index contributed by atoms with van der Waals surface area (Å²) in [5.74, 6) is 1.76. The standard InChI is InChI=1S/C13H19NO/c1-10-7-12(11(2)14(3)9-10)8-13-5-4-6-15-13/h4-6,8,10-11H,7,9H2,1-3H3/p+1/t10-,11-/m1/s1. The van der Waals surface area contributed by atoms with Gasteiger partial charge in [0, 0.05) is 5.92 Å². The van der Waals surface area contributed by atoms with E-state index in [2.05, 4.69) is 27.0 Å². The van der Waals surface area contributed by atoms with Gasteiger partial charge in [-0.05, 0) is 37.1 Å². The van der Waals surface area contributed by atoms with Gasteiger partial charge in [-0.1, -0.05) is 6.92 Å². The molecule has 1 aliphatic rings. The van der Waals surface area contributed by atoms with Crippen LogP contribution in [0.4, 0.5) is 0 Å². The molecule has 0 aromatic carbocycles. The van der Waals surface area contributed by atoms with E-state index in [0.29, 0.717) is 6.04 Å². The molecule has 2 heteroatoms. The Kier molecular flexibility index (Phi) is 2.96. The van der Waals surface area contributed by atoms with E-state index in [4.69, 9.17) is 4.42 Å². The van der Waals surface area contributed by atoms with Crippen molar-refractivity contribution in [2.24, 2.45) is 5.92 Å². The van der Waals surface area contributed by atoms with Crippen LogP contribution in [0.1, 0.15) is 26.0 Å². The summed E-state index contributed by atoms with van der Waals surface area (Å²) < 4.78 is 5.37. The van der Waals surface area contributed by atoms with Crippen molar-refractivity contribution in [1.82, 2.24) is 0 Å². The number of likely N-dealkylation sites (N-methyl/N-ethyl adjacent to an activating group) is 1. The molecule has 2 heterocycles. The average Bonchev–Trinajstić information content (AvgIpc) is 2.66. The first kappa shape index (κ1) is 10.5. The number of hydrogen-bond acceptors (Lipinski definition) is 1. The monoisotopic (exact) mass is 206 g/mol. The molecule has 15 heavy (non-hydrogen) atoms. The van der Waals surface area contributed by atoms with Gasteiger partial charge >= 0.3 is 0 Å². The highest BCUT2D eigenvalue weighted by molar-refractivity contribution is 5.48. The van der Waals surface area contributed by atoms with Gasteiger partial charge in [0.15, 0.2) is 0 Å². The SMILES string of the molecule is C[C@@H]1CC(=Cc2ccco2)[C@@H](C)[NH+](C)C1. The minimum Gasteiger partial charge on any atom is -0.465 e. The lowest BCUT2D eigenvalue weighted by Crippen LogP contribution is -3.14. The largest absolute Gasteiger partial charge is 0.465 e. The van der Waals surface area contributed by atoms with Gasteiger partial charge in [-0.25, -0.2) is 0 Å². The molecule has 0 aliphatic carbocycles. The summed E-state index contributed by atoms with van der Waals surface area (Å²) in [4.78, 5) is 1.60. The van der Waals surface area contributed by atoms with E-state index >= 15 is 0 Å². The van der Waals surface area contributed by atoms with E-state index in [1.807, 2.05) is 12.1 Å². The third-order valence-electron chi connectivity index (χ3n) is 3.42. The molecule has 1 unspecified atom stereocenters. The Labute approximate surface area is 91.6 Å². The highest BCUT2D eigenvalue weighted by Gasteiger charge is 2.27. The quantitative estimate of drug-likeness (QED) is 0.739. The molecule has 2 nitrogen and oxygen atoms in total. The van der Waals surface area contributed by atoms with Gasteiger partial charge in [0.05, 0.1) is 19.9 Å². The fourth-order valence-corrected chi connectivity index (χ4v) is 2.43. The van der Waals surface area contributed by atoms with Crippen LogP contribution in [-0.4, -0.2) is 19.6 Å². The minimum absolute atomic E-state index is 0.617. The van der Waals surface area contributed by atoms with Crippen LogP contribution in [0.25, 0.3) is 6.08 Å². The number of piperidine rings is 1. The van der Waals surface area contributed by atoms with Gasteiger partial charge in [0.1, 0.15) is 11.8 Å². The molecule has 0 amide bonds. The molecule has 1 fully saturated rings. The summed E-state index contributed by atoms with van der Waals surface area (Å²) in [6.45, 7) is 5.90. The van der Waals surface area contributed by atoms with E-state index in [9.17, 15) is 0 Å². The van der Waals surface area contributed by atoms with Crippen LogP contribution in [0.2, 0.25) is 0 Å². The second-order valence-corrected chi connectivity index (χ2v) is 4.82. The smallest absolute Gasteiger partial charge is 0.126 e. The van der Waals surface area contributed by atoms with E-state index in [-0.39, 0.29) is 0 Å². The van der Waals surface area contributed by atoms with E-state index in [0.717, 1.165) is 11.7 Å². The first-order chi connectivity index (χ1) is 7.16. The first-order valence-corrected chi connectivity index (χ1v) is 5.73. The van der Waals surface area contributed by atoms with Crippen LogP contribution < -0.4 is 4.90 Å². The lowest BCUT2D eigenvalue weighted by molar-refractivity contribution is -0.905. The summed E-state index contributed by atoms with van der Waals surface area (Å²) in [5.41, 5.74) is 1.52. The molecule has 0 bridgehead atoms. The van der Waals surface area contributed by atoms with Gasteiger partial charge in [-0.3, -0.25) is 0 Å². The second kappa shape index (κ2) is 4.23. The van der Waals surface area contributed by atoms with Crippen molar-refractivity contribution < 1.29 is 9.32 Å². The maximum atomic E-state index is 5.37. The van der Waals surface area contributed by atoms with Crippen molar-refractivity contribution in [3.63, 3.8) is 0 Å². The normalized spacial score (nSPS) is 34.6. The fourth-order valence-electron chi connectivity index (χ4n) is 2.43. The number of quaternary nitrogens is 1. The van der Waals surface area contributed by atoms with Gasteiger partial charge in [-0.15, -0.1) is 0 Å². The molecular weight excluding hydrogens is 186 g/mol. The summed E-state index contributed by atoms with van der Waals surface area (Å²) in [6, 6.07) is 4.58. The Balaban J connectivity index is 2.20. The lowest BCUT2D eigenvalue weighted by atomic mass is 9.90. The number of nitrogens with one attached hydrogen (secondary N) is 1. The summed E-state index contributed by atoms with van der Waals surface area (Å²) >= 11 is 0. The van der Waals surface area contributed by atoms with Gasteiger partial charge < -0.3 is 9.32 Å². The maximum absolute atomic E-state index is 5.37. The zero-order valence-electron chi connectivity index (χ0n) is 9.79. The molecule has 82 valence electrons. The third-order valence-corrected chi connectivity index (χ3v) is 3.42. The molecule has 3 atom stereocenters. The first-order valence-electron chi connectivity index (χ1n) is 5.73. The average molecular weight is 206 g/mol. The molecular formula is C13H20NO+. The predicted octanol–water partition coefficient (Wildman–Crippen LogP) is 1.61. The van der Waals surface area contributed by atoms with Crippen molar-refractivity contribution in [1.29, 1.82) is 0 Å². The number of likely N-dealkylation sites (tertiary alicyclic amines) is 1. The molecule has 1 aromatic heterocycles. The van der Waals surface area contributed by atoms with Crippen LogP contribution in [-0.2, 0) is 0 Å². The van der Waals surface area contributed by atoms with Crippen molar-refractivity contribution in [2.75, 3.05) is 13.6 Å². The summed E-state index contributed by atoms with van der Waals surface area (Å²) in [5, 5.41) is 0. The van der Waals surface area contributed by atoms with E-state index in [1.54, 1.807) is 11.2 Å². The summed E-state index contributed by atoms with van der Waals surface area (Å²) in [7, 11) is 2.27. The minimum atomic E-state index is 0.617. The Morgan fingerprint density at radius 1 is 1.47 bits per heavy atom.